The number of rotatable bonds is 4. The van der Waals surface area contributed by atoms with Gasteiger partial charge in [0.1, 0.15) is 0 Å². The van der Waals surface area contributed by atoms with Crippen LogP contribution in [0.5, 0.6) is 0 Å². The van der Waals surface area contributed by atoms with Gasteiger partial charge in [-0.25, -0.2) is 0 Å². The van der Waals surface area contributed by atoms with Gasteiger partial charge in [0.15, 0.2) is 0 Å². The summed E-state index contributed by atoms with van der Waals surface area (Å²) in [6, 6.07) is 0.754. The smallest absolute Gasteiger partial charge is 0.313 e. The Labute approximate surface area is 102 Å². The van der Waals surface area contributed by atoms with E-state index >= 15 is 0 Å². The van der Waals surface area contributed by atoms with Crippen LogP contribution in [0.3, 0.4) is 0 Å². The molecule has 2 heterocycles. The SMILES string of the molecule is O=C(O)CSC[C@H]1CCCN2CCCC[C@H]12. The summed E-state index contributed by atoms with van der Waals surface area (Å²) in [4.78, 5) is 13.1. The lowest BCUT2D eigenvalue weighted by Crippen LogP contribution is -2.48. The molecule has 0 radical (unpaired) electrons. The predicted molar refractivity (Wildman–Crippen MR) is 66.9 cm³/mol. The molecule has 2 aliphatic heterocycles. The quantitative estimate of drug-likeness (QED) is 0.820. The highest BCUT2D eigenvalue weighted by molar-refractivity contribution is 7.99. The van der Waals surface area contributed by atoms with Crippen molar-refractivity contribution >= 4 is 17.7 Å². The van der Waals surface area contributed by atoms with Gasteiger partial charge in [-0.15, -0.1) is 11.8 Å². The van der Waals surface area contributed by atoms with E-state index in [9.17, 15) is 4.79 Å². The molecule has 2 rings (SSSR count). The second-order valence-corrected chi connectivity index (χ2v) is 5.94. The molecular formula is C12H21NO2S. The molecule has 0 aromatic rings. The van der Waals surface area contributed by atoms with E-state index in [1.165, 1.54) is 45.2 Å². The summed E-state index contributed by atoms with van der Waals surface area (Å²) in [5, 5.41) is 8.64. The molecule has 1 N–H and O–H groups in total. The highest BCUT2D eigenvalue weighted by atomic mass is 32.2. The summed E-state index contributed by atoms with van der Waals surface area (Å²) in [5.41, 5.74) is 0. The van der Waals surface area contributed by atoms with E-state index in [4.69, 9.17) is 5.11 Å². The van der Waals surface area contributed by atoms with Crippen molar-refractivity contribution in [1.29, 1.82) is 0 Å². The minimum Gasteiger partial charge on any atom is -0.481 e. The van der Waals surface area contributed by atoms with Gasteiger partial charge >= 0.3 is 5.97 Å². The number of fused-ring (bicyclic) bond motifs is 1. The van der Waals surface area contributed by atoms with Crippen molar-refractivity contribution in [2.24, 2.45) is 5.92 Å². The minimum atomic E-state index is -0.679. The average Bonchev–Trinajstić information content (AvgIpc) is 2.29. The summed E-state index contributed by atoms with van der Waals surface area (Å²) < 4.78 is 0. The Morgan fingerprint density at radius 2 is 2.06 bits per heavy atom. The molecule has 0 aliphatic carbocycles. The first kappa shape index (κ1) is 12.2. The Bertz CT molecular complexity index is 245. The molecule has 0 bridgehead atoms. The number of carbonyl (C=O) groups is 1. The van der Waals surface area contributed by atoms with Crippen molar-refractivity contribution in [1.82, 2.24) is 4.90 Å². The lowest BCUT2D eigenvalue weighted by molar-refractivity contribution is -0.133. The van der Waals surface area contributed by atoms with Crippen LogP contribution in [0.4, 0.5) is 0 Å². The van der Waals surface area contributed by atoms with Crippen molar-refractivity contribution in [3.05, 3.63) is 0 Å². The van der Waals surface area contributed by atoms with E-state index < -0.39 is 5.97 Å². The standard InChI is InChI=1S/C12H21NO2S/c14-12(15)9-16-8-10-4-3-7-13-6-2-1-5-11(10)13/h10-11H,1-9H2,(H,14,15)/t10-,11-/m1/s1. The van der Waals surface area contributed by atoms with Gasteiger partial charge in [0.2, 0.25) is 0 Å². The highest BCUT2D eigenvalue weighted by Gasteiger charge is 2.32. The van der Waals surface area contributed by atoms with Gasteiger partial charge in [0, 0.05) is 6.04 Å². The van der Waals surface area contributed by atoms with E-state index in [1.807, 2.05) is 0 Å². The number of aliphatic carboxylic acids is 1. The summed E-state index contributed by atoms with van der Waals surface area (Å²) >= 11 is 1.60. The van der Waals surface area contributed by atoms with Gasteiger partial charge in [0.05, 0.1) is 5.75 Å². The molecule has 2 aliphatic rings. The fourth-order valence-electron chi connectivity index (χ4n) is 3.07. The second kappa shape index (κ2) is 5.92. The summed E-state index contributed by atoms with van der Waals surface area (Å²) in [5.74, 6) is 1.36. The van der Waals surface area contributed by atoms with E-state index in [0.717, 1.165) is 17.7 Å². The molecule has 0 spiro atoms. The number of thioether (sulfide) groups is 1. The molecule has 0 unspecified atom stereocenters. The molecule has 3 nitrogen and oxygen atoms in total. The van der Waals surface area contributed by atoms with Crippen LogP contribution >= 0.6 is 11.8 Å². The van der Waals surface area contributed by atoms with Crippen LogP contribution in [0.25, 0.3) is 0 Å². The molecular weight excluding hydrogens is 222 g/mol. The van der Waals surface area contributed by atoms with E-state index in [-0.39, 0.29) is 5.75 Å². The Balaban J connectivity index is 1.80. The maximum Gasteiger partial charge on any atom is 0.313 e. The van der Waals surface area contributed by atoms with Crippen LogP contribution in [-0.2, 0) is 4.79 Å². The Morgan fingerprint density at radius 1 is 1.25 bits per heavy atom. The van der Waals surface area contributed by atoms with Crippen LogP contribution in [0, 0.1) is 5.92 Å². The fraction of sp³-hybridized carbons (Fsp3) is 0.917. The van der Waals surface area contributed by atoms with E-state index in [1.54, 1.807) is 11.8 Å². The number of carboxylic acids is 1. The summed E-state index contributed by atoms with van der Waals surface area (Å²) in [6.45, 7) is 2.54. The van der Waals surface area contributed by atoms with Crippen LogP contribution in [0.1, 0.15) is 32.1 Å². The number of carboxylic acid groups (broad SMARTS) is 1. The number of nitrogens with zero attached hydrogens (tertiary/aromatic N) is 1. The lowest BCUT2D eigenvalue weighted by Gasteiger charge is -2.44. The third-order valence-electron chi connectivity index (χ3n) is 3.79. The molecule has 92 valence electrons. The molecule has 0 amide bonds. The van der Waals surface area contributed by atoms with Crippen molar-refractivity contribution in [3.63, 3.8) is 0 Å². The highest BCUT2D eigenvalue weighted by Crippen LogP contribution is 2.32. The lowest BCUT2D eigenvalue weighted by atomic mass is 9.85. The van der Waals surface area contributed by atoms with Gasteiger partial charge in [0.25, 0.3) is 0 Å². The van der Waals surface area contributed by atoms with Gasteiger partial charge < -0.3 is 10.0 Å². The third-order valence-corrected chi connectivity index (χ3v) is 4.90. The number of hydrogen-bond acceptors (Lipinski definition) is 3. The van der Waals surface area contributed by atoms with Gasteiger partial charge in [-0.1, -0.05) is 6.42 Å². The zero-order chi connectivity index (χ0) is 11.4. The molecule has 2 fully saturated rings. The molecule has 0 aromatic heterocycles. The fourth-order valence-corrected chi connectivity index (χ4v) is 4.05. The van der Waals surface area contributed by atoms with Gasteiger partial charge in [-0.2, -0.15) is 0 Å². The summed E-state index contributed by atoms with van der Waals surface area (Å²) in [6.07, 6.45) is 6.65. The van der Waals surface area contributed by atoms with Crippen molar-refractivity contribution < 1.29 is 9.90 Å². The summed E-state index contributed by atoms with van der Waals surface area (Å²) in [7, 11) is 0. The maximum atomic E-state index is 10.5. The average molecular weight is 243 g/mol. The number of hydrogen-bond donors (Lipinski definition) is 1. The maximum absolute atomic E-state index is 10.5. The first-order valence-electron chi connectivity index (χ1n) is 6.31. The van der Waals surface area contributed by atoms with Crippen LogP contribution in [-0.4, -0.2) is 46.6 Å². The first-order valence-corrected chi connectivity index (χ1v) is 7.46. The van der Waals surface area contributed by atoms with Gasteiger partial charge in [-0.05, 0) is 50.4 Å². The van der Waals surface area contributed by atoms with Crippen LogP contribution < -0.4 is 0 Å². The monoisotopic (exact) mass is 243 g/mol. The normalized spacial score (nSPS) is 31.0. The Kier molecular flexibility index (Phi) is 4.53. The number of piperidine rings is 2. The van der Waals surface area contributed by atoms with Crippen LogP contribution in [0.2, 0.25) is 0 Å². The largest absolute Gasteiger partial charge is 0.481 e. The van der Waals surface area contributed by atoms with Crippen molar-refractivity contribution in [3.8, 4) is 0 Å². The Morgan fingerprint density at radius 3 is 2.88 bits per heavy atom. The molecule has 2 saturated heterocycles. The first-order chi connectivity index (χ1) is 7.77. The third kappa shape index (κ3) is 3.14. The zero-order valence-electron chi connectivity index (χ0n) is 9.73. The molecule has 0 aromatic carbocycles. The molecule has 4 heteroatoms. The topological polar surface area (TPSA) is 40.5 Å². The van der Waals surface area contributed by atoms with Gasteiger partial charge in [-0.3, -0.25) is 4.79 Å². The predicted octanol–water partition coefficient (Wildman–Crippen LogP) is 2.07. The Hall–Kier alpha value is -0.220. The van der Waals surface area contributed by atoms with Crippen molar-refractivity contribution in [2.75, 3.05) is 24.6 Å². The molecule has 2 atom stereocenters. The molecule has 0 saturated carbocycles. The zero-order valence-corrected chi connectivity index (χ0v) is 10.5. The minimum absolute atomic E-state index is 0.267. The van der Waals surface area contributed by atoms with Crippen LogP contribution in [0.15, 0.2) is 0 Å². The van der Waals surface area contributed by atoms with E-state index in [2.05, 4.69) is 4.90 Å². The van der Waals surface area contributed by atoms with E-state index in [0.29, 0.717) is 0 Å². The molecule has 16 heavy (non-hydrogen) atoms. The second-order valence-electron chi connectivity index (χ2n) is 4.91. The van der Waals surface area contributed by atoms with Crippen molar-refractivity contribution in [2.45, 2.75) is 38.1 Å².